The quantitative estimate of drug-likeness (QED) is 0.558. The predicted octanol–water partition coefficient (Wildman–Crippen LogP) is 2.57. The minimum atomic E-state index is -4.67. The van der Waals surface area contributed by atoms with Gasteiger partial charge in [0.2, 0.25) is 10.5 Å². The highest BCUT2D eigenvalue weighted by molar-refractivity contribution is 6.64. The van der Waals surface area contributed by atoms with Crippen molar-refractivity contribution in [1.82, 2.24) is 0 Å². The van der Waals surface area contributed by atoms with Crippen LogP contribution in [0.15, 0.2) is 0 Å². The zero-order valence-electron chi connectivity index (χ0n) is 6.50. The van der Waals surface area contributed by atoms with Crippen LogP contribution in [0.3, 0.4) is 0 Å². The Balaban J connectivity index is 4.67. The van der Waals surface area contributed by atoms with Gasteiger partial charge < -0.3 is 0 Å². The van der Waals surface area contributed by atoms with Gasteiger partial charge in [-0.2, -0.15) is 17.6 Å². The van der Waals surface area contributed by atoms with Crippen LogP contribution in [0.2, 0.25) is 0 Å². The average Bonchev–Trinajstić information content (AvgIpc) is 1.78. The van der Waals surface area contributed by atoms with E-state index in [1.807, 2.05) is 0 Å². The molecule has 0 amide bonds. The molecule has 0 spiro atoms. The van der Waals surface area contributed by atoms with E-state index in [0.29, 0.717) is 0 Å². The maximum Gasteiger partial charge on any atom is 0.318 e. The summed E-state index contributed by atoms with van der Waals surface area (Å²) >= 11 is 9.07. The first-order valence-electron chi connectivity index (χ1n) is 3.21. The Labute approximate surface area is 86.2 Å². The molecule has 0 N–H and O–H groups in total. The molecular weight excluding hydrogens is 251 g/mol. The van der Waals surface area contributed by atoms with Crippen LogP contribution in [0, 0.1) is 0 Å². The SMILES string of the molecule is O=C(Cl)CC(F)(F)C(F)(F)CC(=O)Cl. The molecule has 0 fully saturated rings. The Hall–Kier alpha value is -0.360. The molecule has 0 aromatic heterocycles. The molecule has 0 saturated carbocycles. The van der Waals surface area contributed by atoms with E-state index in [9.17, 15) is 27.2 Å². The largest absolute Gasteiger partial charge is 0.318 e. The fourth-order valence-electron chi connectivity index (χ4n) is 0.608. The van der Waals surface area contributed by atoms with Gasteiger partial charge in [-0.05, 0) is 23.2 Å². The molecule has 2 nitrogen and oxygen atoms in total. The van der Waals surface area contributed by atoms with Crippen LogP contribution in [-0.4, -0.2) is 22.3 Å². The zero-order chi connectivity index (χ0) is 11.6. The fourth-order valence-corrected chi connectivity index (χ4v) is 0.943. The topological polar surface area (TPSA) is 34.1 Å². The van der Waals surface area contributed by atoms with E-state index in [-0.39, 0.29) is 0 Å². The summed E-state index contributed by atoms with van der Waals surface area (Å²) in [7, 11) is 0. The zero-order valence-corrected chi connectivity index (χ0v) is 8.01. The Kier molecular flexibility index (Phi) is 4.33. The molecule has 0 rings (SSSR count). The third kappa shape index (κ3) is 3.79. The molecule has 0 heterocycles. The number of rotatable bonds is 5. The van der Waals surface area contributed by atoms with Gasteiger partial charge in [0.15, 0.2) is 0 Å². The van der Waals surface area contributed by atoms with E-state index in [0.717, 1.165) is 0 Å². The van der Waals surface area contributed by atoms with Crippen molar-refractivity contribution in [2.24, 2.45) is 0 Å². The van der Waals surface area contributed by atoms with Gasteiger partial charge in [-0.3, -0.25) is 9.59 Å². The summed E-state index contributed by atoms with van der Waals surface area (Å²) < 4.78 is 50.2. The number of carbonyl (C=O) groups is 2. The minimum Gasteiger partial charge on any atom is -0.281 e. The molecule has 0 saturated heterocycles. The molecule has 14 heavy (non-hydrogen) atoms. The van der Waals surface area contributed by atoms with Crippen LogP contribution in [0.5, 0.6) is 0 Å². The molecule has 8 heteroatoms. The summed E-state index contributed by atoms with van der Waals surface area (Å²) in [6, 6.07) is 0. The highest BCUT2D eigenvalue weighted by Gasteiger charge is 2.57. The van der Waals surface area contributed by atoms with Crippen LogP contribution in [-0.2, 0) is 9.59 Å². The summed E-state index contributed by atoms with van der Waals surface area (Å²) in [4.78, 5) is 20.1. The summed E-state index contributed by atoms with van der Waals surface area (Å²) in [6.07, 6.45) is -3.68. The van der Waals surface area contributed by atoms with Gasteiger partial charge in [-0.1, -0.05) is 0 Å². The van der Waals surface area contributed by atoms with Gasteiger partial charge in [0.05, 0.1) is 12.8 Å². The van der Waals surface area contributed by atoms with Crippen molar-refractivity contribution >= 4 is 33.7 Å². The number of halogens is 6. The van der Waals surface area contributed by atoms with Crippen molar-refractivity contribution in [1.29, 1.82) is 0 Å². The van der Waals surface area contributed by atoms with Gasteiger partial charge in [0.1, 0.15) is 0 Å². The van der Waals surface area contributed by atoms with Crippen LogP contribution >= 0.6 is 23.2 Å². The number of alkyl halides is 4. The molecule has 0 aliphatic carbocycles. The standard InChI is InChI=1S/C6H4Cl2F4O2/c7-3(13)1-5(9,10)6(11,12)2-4(8)14/h1-2H2. The van der Waals surface area contributed by atoms with Crippen molar-refractivity contribution in [2.75, 3.05) is 0 Å². The highest BCUT2D eigenvalue weighted by atomic mass is 35.5. The lowest BCUT2D eigenvalue weighted by molar-refractivity contribution is -0.211. The lowest BCUT2D eigenvalue weighted by Gasteiger charge is -2.23. The van der Waals surface area contributed by atoms with E-state index in [1.165, 1.54) is 0 Å². The molecule has 0 radical (unpaired) electrons. The van der Waals surface area contributed by atoms with Crippen LogP contribution in [0.1, 0.15) is 12.8 Å². The smallest absolute Gasteiger partial charge is 0.281 e. The van der Waals surface area contributed by atoms with Crippen LogP contribution in [0.25, 0.3) is 0 Å². The molecule has 0 aliphatic heterocycles. The molecule has 0 aromatic carbocycles. The second-order valence-electron chi connectivity index (χ2n) is 2.47. The van der Waals surface area contributed by atoms with Gasteiger partial charge >= 0.3 is 11.8 Å². The lowest BCUT2D eigenvalue weighted by atomic mass is 10.1. The molecule has 82 valence electrons. The Morgan fingerprint density at radius 1 is 0.857 bits per heavy atom. The van der Waals surface area contributed by atoms with Gasteiger partial charge in [-0.25, -0.2) is 0 Å². The average molecular weight is 255 g/mol. The first-order valence-corrected chi connectivity index (χ1v) is 3.96. The summed E-state index contributed by atoms with van der Waals surface area (Å²) in [5.41, 5.74) is 0. The van der Waals surface area contributed by atoms with Gasteiger partial charge in [-0.15, -0.1) is 0 Å². The Morgan fingerprint density at radius 3 is 1.21 bits per heavy atom. The van der Waals surface area contributed by atoms with E-state index in [4.69, 9.17) is 0 Å². The van der Waals surface area contributed by atoms with E-state index in [1.54, 1.807) is 0 Å². The normalized spacial score (nSPS) is 12.7. The summed E-state index contributed by atoms with van der Waals surface area (Å²) in [5, 5.41) is -3.23. The number of hydrogen-bond acceptors (Lipinski definition) is 2. The maximum absolute atomic E-state index is 12.5. The first kappa shape index (κ1) is 13.6. The number of carbonyl (C=O) groups excluding carboxylic acids is 2. The second-order valence-corrected chi connectivity index (χ2v) is 3.32. The third-order valence-corrected chi connectivity index (χ3v) is 1.52. The fraction of sp³-hybridized carbons (Fsp3) is 0.667. The third-order valence-electron chi connectivity index (χ3n) is 1.26. The van der Waals surface area contributed by atoms with E-state index < -0.39 is 35.2 Å². The Morgan fingerprint density at radius 2 is 1.07 bits per heavy atom. The summed E-state index contributed by atoms with van der Waals surface area (Å²) in [5.74, 6) is -9.34. The van der Waals surface area contributed by atoms with Crippen LogP contribution in [0.4, 0.5) is 17.6 Å². The van der Waals surface area contributed by atoms with E-state index in [2.05, 4.69) is 23.2 Å². The van der Waals surface area contributed by atoms with Crippen LogP contribution < -0.4 is 0 Å². The summed E-state index contributed by atoms with van der Waals surface area (Å²) in [6.45, 7) is 0. The van der Waals surface area contributed by atoms with Crippen molar-refractivity contribution in [2.45, 2.75) is 24.7 Å². The van der Waals surface area contributed by atoms with Crippen molar-refractivity contribution in [3.8, 4) is 0 Å². The van der Waals surface area contributed by atoms with Gasteiger partial charge in [0.25, 0.3) is 0 Å². The van der Waals surface area contributed by atoms with Crippen molar-refractivity contribution < 1.29 is 27.2 Å². The Bertz CT molecular complexity index is 228. The molecule has 0 aromatic rings. The molecule has 0 aliphatic rings. The van der Waals surface area contributed by atoms with Crippen molar-refractivity contribution in [3.05, 3.63) is 0 Å². The molecule has 0 unspecified atom stereocenters. The molecule has 0 bridgehead atoms. The monoisotopic (exact) mass is 254 g/mol. The highest BCUT2D eigenvalue weighted by Crippen LogP contribution is 2.40. The van der Waals surface area contributed by atoms with Gasteiger partial charge in [0, 0.05) is 0 Å². The first-order chi connectivity index (χ1) is 6.08. The van der Waals surface area contributed by atoms with E-state index >= 15 is 0 Å². The lowest BCUT2D eigenvalue weighted by Crippen LogP contribution is -2.42. The second kappa shape index (κ2) is 4.44. The number of hydrogen-bond donors (Lipinski definition) is 0. The minimum absolute atomic E-state index is 1.61. The molecule has 0 atom stereocenters. The van der Waals surface area contributed by atoms with Crippen molar-refractivity contribution in [3.63, 3.8) is 0 Å². The predicted molar refractivity (Wildman–Crippen MR) is 40.8 cm³/mol. The maximum atomic E-state index is 12.5. The molecular formula is C6H4Cl2F4O2.